The highest BCUT2D eigenvalue weighted by Crippen LogP contribution is 2.51. The Balaban J connectivity index is 0.000000229. The van der Waals surface area contributed by atoms with Crippen LogP contribution in [0.1, 0.15) is 56.7 Å². The maximum atomic E-state index is 10.9. The van der Waals surface area contributed by atoms with Crippen molar-refractivity contribution in [1.29, 1.82) is 0 Å². The first-order valence-electron chi connectivity index (χ1n) is 14.8. The smallest absolute Gasteiger partial charge is 0.343 e. The zero-order chi connectivity index (χ0) is 31.6. The topological polar surface area (TPSA) is 69.4 Å². The van der Waals surface area contributed by atoms with Crippen molar-refractivity contribution in [2.24, 2.45) is 11.3 Å². The number of fused-ring (bicyclic) bond motifs is 1. The van der Waals surface area contributed by atoms with E-state index in [0.29, 0.717) is 17.3 Å². The highest BCUT2D eigenvalue weighted by atomic mass is 35.5. The molecule has 0 N–H and O–H groups in total. The lowest BCUT2D eigenvalue weighted by Gasteiger charge is -2.39. The monoisotopic (exact) mass is 649 g/mol. The van der Waals surface area contributed by atoms with E-state index >= 15 is 0 Å². The van der Waals surface area contributed by atoms with E-state index in [-0.39, 0.29) is 22.3 Å². The van der Waals surface area contributed by atoms with Gasteiger partial charge in [0.1, 0.15) is 10.1 Å². The van der Waals surface area contributed by atoms with Gasteiger partial charge in [-0.15, -0.1) is 6.58 Å². The van der Waals surface area contributed by atoms with Crippen LogP contribution < -0.4 is 0 Å². The second kappa shape index (κ2) is 13.1. The predicted molar refractivity (Wildman–Crippen MR) is 178 cm³/mol. The van der Waals surface area contributed by atoms with Crippen LogP contribution in [0.4, 0.5) is 0 Å². The zero-order valence-corrected chi connectivity index (χ0v) is 27.4. The third-order valence-electron chi connectivity index (χ3n) is 8.72. The Morgan fingerprint density at radius 1 is 0.977 bits per heavy atom. The molecule has 0 aromatic heterocycles. The first kappa shape index (κ1) is 32.2. The lowest BCUT2D eigenvalue weighted by atomic mass is 9.69. The molecule has 6 rings (SSSR count). The molecule has 2 aliphatic heterocycles. The normalized spacial score (nSPS) is 23.1. The molecular formula is C36H37Cl2NO4S. The summed E-state index contributed by atoms with van der Waals surface area (Å²) in [6.07, 6.45) is 3.88. The van der Waals surface area contributed by atoms with Crippen LogP contribution in [-0.2, 0) is 14.9 Å². The highest BCUT2D eigenvalue weighted by molar-refractivity contribution is 7.86. The van der Waals surface area contributed by atoms with Crippen molar-refractivity contribution in [3.8, 4) is 0 Å². The van der Waals surface area contributed by atoms with Gasteiger partial charge in [0.2, 0.25) is 0 Å². The Morgan fingerprint density at radius 2 is 1.66 bits per heavy atom. The molecule has 8 heteroatoms. The standard InChI is InChI=1S/C26H30Cl2NO.C10H8O3S/c1-5-13-26(4)15-22(19-7-6-8-21(28)14-19)24(18-9-11-20(27)12-10-18)29-23(17(2)3)16-30-25(26)29;11-14(12,13)10-7-3-5-8-4-1-2-6-9(8)10/h5-12,14,17,22-24H,1,13,15-16H2,2-4H3;1-7H,(H,11,12,13)/q+1;/p-1/t22?,23-,24-,26+;/m1./s1. The molecule has 0 radical (unpaired) electrons. The molecule has 0 saturated carbocycles. The molecule has 4 aromatic rings. The van der Waals surface area contributed by atoms with Crippen molar-refractivity contribution in [1.82, 2.24) is 0 Å². The fraction of sp³-hybridized carbons (Fsp3) is 0.306. The van der Waals surface area contributed by atoms with Gasteiger partial charge in [-0.25, -0.2) is 8.42 Å². The second-order valence-electron chi connectivity index (χ2n) is 12.2. The first-order chi connectivity index (χ1) is 20.9. The van der Waals surface area contributed by atoms with Crippen molar-refractivity contribution in [3.63, 3.8) is 0 Å². The van der Waals surface area contributed by atoms with Gasteiger partial charge in [0.25, 0.3) is 0 Å². The number of hydrogen-bond acceptors (Lipinski definition) is 4. The number of ether oxygens (including phenoxy) is 1. The van der Waals surface area contributed by atoms with Crippen LogP contribution in [0, 0.1) is 11.3 Å². The van der Waals surface area contributed by atoms with Gasteiger partial charge in [-0.1, -0.05) is 104 Å². The van der Waals surface area contributed by atoms with E-state index < -0.39 is 10.1 Å². The van der Waals surface area contributed by atoms with Crippen molar-refractivity contribution in [3.05, 3.63) is 125 Å². The van der Waals surface area contributed by atoms with Gasteiger partial charge in [0, 0.05) is 21.5 Å². The van der Waals surface area contributed by atoms with Gasteiger partial charge < -0.3 is 9.29 Å². The van der Waals surface area contributed by atoms with E-state index in [4.69, 9.17) is 27.9 Å². The average molecular weight is 651 g/mol. The Labute approximate surface area is 270 Å². The van der Waals surface area contributed by atoms with Crippen LogP contribution in [0.2, 0.25) is 10.0 Å². The SMILES string of the molecule is C=CC[C@@]1(C)CC(c2cccc(Cl)c2)[C@@H](c2ccc(Cl)cc2)[N+]2=C1OC[C@@H]2C(C)C.O=S(=O)([O-])c1cccc2ccccc12. The Morgan fingerprint density at radius 3 is 2.32 bits per heavy atom. The summed E-state index contributed by atoms with van der Waals surface area (Å²) in [5, 5.41) is 2.77. The van der Waals surface area contributed by atoms with Crippen LogP contribution in [0.5, 0.6) is 0 Å². The summed E-state index contributed by atoms with van der Waals surface area (Å²) in [4.78, 5) is -0.157. The summed E-state index contributed by atoms with van der Waals surface area (Å²) in [5.41, 5.74) is 2.44. The quantitative estimate of drug-likeness (QED) is 0.119. The van der Waals surface area contributed by atoms with Gasteiger partial charge in [-0.2, -0.15) is 4.58 Å². The van der Waals surface area contributed by atoms with Gasteiger partial charge in [0.05, 0.1) is 16.2 Å². The number of nitrogens with zero attached hydrogens (tertiary/aromatic N) is 1. The fourth-order valence-electron chi connectivity index (χ4n) is 6.67. The maximum absolute atomic E-state index is 10.9. The van der Waals surface area contributed by atoms with E-state index in [0.717, 1.165) is 40.8 Å². The summed E-state index contributed by atoms with van der Waals surface area (Å²) in [6, 6.07) is 28.7. The molecular weight excluding hydrogens is 613 g/mol. The van der Waals surface area contributed by atoms with E-state index in [1.54, 1.807) is 36.4 Å². The largest absolute Gasteiger partial charge is 0.744 e. The molecule has 0 saturated heterocycles. The van der Waals surface area contributed by atoms with Gasteiger partial charge in [0.15, 0.2) is 18.7 Å². The Hall–Kier alpha value is -3.16. The molecule has 0 aliphatic carbocycles. The molecule has 2 aliphatic rings. The van der Waals surface area contributed by atoms with Gasteiger partial charge in [-0.3, -0.25) is 0 Å². The lowest BCUT2D eigenvalue weighted by molar-refractivity contribution is -0.616. The van der Waals surface area contributed by atoms with Crippen molar-refractivity contribution < 1.29 is 22.3 Å². The molecule has 2 heterocycles. The summed E-state index contributed by atoms with van der Waals surface area (Å²) in [6.45, 7) is 11.6. The van der Waals surface area contributed by atoms with Crippen molar-refractivity contribution in [2.45, 2.75) is 56.5 Å². The molecule has 5 nitrogen and oxygen atoms in total. The van der Waals surface area contributed by atoms with E-state index in [2.05, 4.69) is 62.3 Å². The zero-order valence-electron chi connectivity index (χ0n) is 25.1. The Bertz CT molecular complexity index is 1800. The second-order valence-corrected chi connectivity index (χ2v) is 14.4. The number of hydrogen-bond donors (Lipinski definition) is 0. The summed E-state index contributed by atoms with van der Waals surface area (Å²) >= 11 is 12.7. The average Bonchev–Trinajstić information content (AvgIpc) is 3.44. The number of allylic oxidation sites excluding steroid dienone is 1. The van der Waals surface area contributed by atoms with Crippen LogP contribution in [0.15, 0.2) is 109 Å². The first-order valence-corrected chi connectivity index (χ1v) is 16.9. The maximum Gasteiger partial charge on any atom is 0.343 e. The van der Waals surface area contributed by atoms with Gasteiger partial charge in [-0.05, 0) is 66.4 Å². The minimum Gasteiger partial charge on any atom is -0.744 e. The third kappa shape index (κ3) is 6.59. The fourth-order valence-corrected chi connectivity index (χ4v) is 7.70. The highest BCUT2D eigenvalue weighted by Gasteiger charge is 2.57. The molecule has 0 bridgehead atoms. The molecule has 0 amide bonds. The summed E-state index contributed by atoms with van der Waals surface area (Å²) in [7, 11) is -4.38. The lowest BCUT2D eigenvalue weighted by Crippen LogP contribution is -2.46. The van der Waals surface area contributed by atoms with Crippen LogP contribution in [-0.4, -0.2) is 36.1 Å². The van der Waals surface area contributed by atoms with E-state index in [9.17, 15) is 13.0 Å². The van der Waals surface area contributed by atoms with Crippen LogP contribution in [0.25, 0.3) is 10.8 Å². The summed E-state index contributed by atoms with van der Waals surface area (Å²) < 4.78 is 41.7. The van der Waals surface area contributed by atoms with E-state index in [1.807, 2.05) is 24.3 Å². The molecule has 0 spiro atoms. The van der Waals surface area contributed by atoms with E-state index in [1.165, 1.54) is 17.2 Å². The number of halogens is 2. The predicted octanol–water partition coefficient (Wildman–Crippen LogP) is 9.01. The molecule has 4 atom stereocenters. The number of rotatable bonds is 6. The Kier molecular flexibility index (Phi) is 9.57. The van der Waals surface area contributed by atoms with Gasteiger partial charge >= 0.3 is 5.90 Å². The molecule has 230 valence electrons. The molecule has 44 heavy (non-hydrogen) atoms. The molecule has 0 fully saturated rings. The molecule has 4 aromatic carbocycles. The summed E-state index contributed by atoms with van der Waals surface area (Å²) in [5.74, 6) is 1.87. The van der Waals surface area contributed by atoms with Crippen molar-refractivity contribution >= 4 is 50.0 Å². The molecule has 1 unspecified atom stereocenters. The van der Waals surface area contributed by atoms with Crippen LogP contribution in [0.3, 0.4) is 0 Å². The minimum atomic E-state index is -4.38. The minimum absolute atomic E-state index is 0.0959. The van der Waals surface area contributed by atoms with Crippen molar-refractivity contribution in [2.75, 3.05) is 6.61 Å². The third-order valence-corrected chi connectivity index (χ3v) is 10.1. The number of benzene rings is 4. The van der Waals surface area contributed by atoms with Crippen LogP contribution >= 0.6 is 23.2 Å².